The van der Waals surface area contributed by atoms with E-state index in [0.717, 1.165) is 50.2 Å². The van der Waals surface area contributed by atoms with E-state index in [1.807, 2.05) is 13.8 Å². The third kappa shape index (κ3) is 7.61. The first-order valence-corrected chi connectivity index (χ1v) is 15.3. The van der Waals surface area contributed by atoms with Crippen molar-refractivity contribution in [2.24, 2.45) is 16.6 Å². The number of sulfone groups is 1. The first-order chi connectivity index (χ1) is 18.6. The number of piperidine rings is 1. The molecular formula is C27H38ClN7O3S. The number of aryl methyl sites for hydroxylation is 1. The highest BCUT2D eigenvalue weighted by Gasteiger charge is 2.27. The van der Waals surface area contributed by atoms with Crippen LogP contribution in [-0.2, 0) is 9.84 Å². The van der Waals surface area contributed by atoms with Gasteiger partial charge >= 0.3 is 0 Å². The molecule has 1 aromatic carbocycles. The Morgan fingerprint density at radius 1 is 1.28 bits per heavy atom. The van der Waals surface area contributed by atoms with Crippen molar-refractivity contribution in [1.82, 2.24) is 15.3 Å². The average molecular weight is 576 g/mol. The molecule has 4 rings (SSSR count). The maximum absolute atomic E-state index is 12.8. The van der Waals surface area contributed by atoms with E-state index in [2.05, 4.69) is 50.0 Å². The second kappa shape index (κ2) is 12.5. The van der Waals surface area contributed by atoms with E-state index in [4.69, 9.17) is 22.1 Å². The summed E-state index contributed by atoms with van der Waals surface area (Å²) in [5.74, 6) is 1.54. The van der Waals surface area contributed by atoms with Crippen molar-refractivity contribution >= 4 is 45.1 Å². The SMILES string of the molecule is CN=CC(Nc1nc(Nc2cc(C)c(C3CCNCC3)cc2OC2CC2)ncc1Cl)=C(N)S(=O)(=O)CC(C)C. The lowest BCUT2D eigenvalue weighted by atomic mass is 9.87. The molecule has 2 aromatic rings. The fourth-order valence-corrected chi connectivity index (χ4v) is 6.22. The molecule has 12 heteroatoms. The summed E-state index contributed by atoms with van der Waals surface area (Å²) in [6.07, 6.45) is 7.26. The Hall–Kier alpha value is -2.89. The number of aliphatic imine (C=N–C) groups is 1. The number of nitrogens with one attached hydrogen (secondary N) is 3. The number of allylic oxidation sites excluding steroid dienone is 1. The summed E-state index contributed by atoms with van der Waals surface area (Å²) >= 11 is 6.38. The Balaban J connectivity index is 1.64. The van der Waals surface area contributed by atoms with Crippen LogP contribution in [0.5, 0.6) is 5.75 Å². The molecule has 1 saturated carbocycles. The maximum Gasteiger partial charge on any atom is 0.229 e. The Bertz CT molecular complexity index is 1350. The molecule has 212 valence electrons. The van der Waals surface area contributed by atoms with Crippen molar-refractivity contribution in [2.45, 2.75) is 58.5 Å². The molecule has 10 nitrogen and oxygen atoms in total. The van der Waals surface area contributed by atoms with E-state index < -0.39 is 9.84 Å². The third-order valence-electron chi connectivity index (χ3n) is 6.62. The number of benzene rings is 1. The van der Waals surface area contributed by atoms with Crippen molar-refractivity contribution in [2.75, 3.05) is 36.5 Å². The zero-order valence-electron chi connectivity index (χ0n) is 22.9. The van der Waals surface area contributed by atoms with Gasteiger partial charge in [0.25, 0.3) is 0 Å². The van der Waals surface area contributed by atoms with Crippen LogP contribution in [0.25, 0.3) is 0 Å². The highest BCUT2D eigenvalue weighted by Crippen LogP contribution is 2.39. The second-order valence-corrected chi connectivity index (χ2v) is 12.9. The van der Waals surface area contributed by atoms with Crippen LogP contribution in [0.4, 0.5) is 17.5 Å². The Morgan fingerprint density at radius 2 is 2.00 bits per heavy atom. The molecule has 1 saturated heterocycles. The molecule has 5 N–H and O–H groups in total. The van der Waals surface area contributed by atoms with Gasteiger partial charge in [-0.05, 0) is 80.8 Å². The maximum atomic E-state index is 12.8. The largest absolute Gasteiger partial charge is 0.488 e. The molecule has 1 aliphatic carbocycles. The number of ether oxygens (including phenoxy) is 1. The molecule has 2 heterocycles. The lowest BCUT2D eigenvalue weighted by Gasteiger charge is -2.26. The van der Waals surface area contributed by atoms with Crippen LogP contribution < -0.4 is 26.4 Å². The van der Waals surface area contributed by atoms with Crippen LogP contribution >= 0.6 is 11.6 Å². The summed E-state index contributed by atoms with van der Waals surface area (Å²) in [6, 6.07) is 4.23. The number of rotatable bonds is 11. The van der Waals surface area contributed by atoms with Crippen molar-refractivity contribution in [3.8, 4) is 5.75 Å². The number of hydrogen-bond donors (Lipinski definition) is 4. The predicted molar refractivity (Wildman–Crippen MR) is 158 cm³/mol. The molecule has 2 fully saturated rings. The number of aromatic nitrogens is 2. The molecule has 0 atom stereocenters. The normalized spacial score (nSPS) is 17.4. The van der Waals surface area contributed by atoms with E-state index in [1.54, 1.807) is 0 Å². The lowest BCUT2D eigenvalue weighted by Crippen LogP contribution is -2.27. The van der Waals surface area contributed by atoms with Gasteiger partial charge in [-0.2, -0.15) is 4.98 Å². The second-order valence-electron chi connectivity index (χ2n) is 10.5. The summed E-state index contributed by atoms with van der Waals surface area (Å²) in [5, 5.41) is 9.52. The molecule has 0 radical (unpaired) electrons. The molecule has 0 unspecified atom stereocenters. The fraction of sp³-hybridized carbons (Fsp3) is 0.519. The van der Waals surface area contributed by atoms with Gasteiger partial charge in [0.15, 0.2) is 20.7 Å². The summed E-state index contributed by atoms with van der Waals surface area (Å²) in [5.41, 5.74) is 9.40. The number of hydrogen-bond acceptors (Lipinski definition) is 10. The smallest absolute Gasteiger partial charge is 0.229 e. The van der Waals surface area contributed by atoms with Gasteiger partial charge in [0.2, 0.25) is 5.95 Å². The van der Waals surface area contributed by atoms with Crippen molar-refractivity contribution in [3.05, 3.63) is 45.2 Å². The topological polar surface area (TPSA) is 144 Å². The molecular weight excluding hydrogens is 538 g/mol. The molecule has 0 amide bonds. The Labute approximate surface area is 235 Å². The number of anilines is 3. The van der Waals surface area contributed by atoms with Crippen LogP contribution in [0.3, 0.4) is 0 Å². The van der Waals surface area contributed by atoms with Crippen LogP contribution in [-0.4, -0.2) is 56.6 Å². The van der Waals surface area contributed by atoms with Gasteiger partial charge in [-0.1, -0.05) is 25.4 Å². The zero-order chi connectivity index (χ0) is 28.2. The zero-order valence-corrected chi connectivity index (χ0v) is 24.5. The van der Waals surface area contributed by atoms with Crippen LogP contribution in [0.1, 0.15) is 56.6 Å². The minimum Gasteiger partial charge on any atom is -0.488 e. The molecule has 2 aliphatic rings. The van der Waals surface area contributed by atoms with Crippen molar-refractivity contribution < 1.29 is 13.2 Å². The molecule has 1 aliphatic heterocycles. The van der Waals surface area contributed by atoms with Crippen LogP contribution in [0.2, 0.25) is 5.02 Å². The number of nitrogens with zero attached hydrogens (tertiary/aromatic N) is 3. The molecule has 0 spiro atoms. The number of halogens is 1. The first kappa shape index (κ1) is 29.1. The van der Waals surface area contributed by atoms with Gasteiger partial charge in [-0.3, -0.25) is 4.99 Å². The Kier molecular flexibility index (Phi) is 9.35. The van der Waals surface area contributed by atoms with E-state index in [0.29, 0.717) is 5.92 Å². The number of nitrogens with two attached hydrogens (primary N) is 1. The molecule has 0 bridgehead atoms. The van der Waals surface area contributed by atoms with Gasteiger partial charge in [-0.25, -0.2) is 13.4 Å². The summed E-state index contributed by atoms with van der Waals surface area (Å²) in [4.78, 5) is 12.8. The van der Waals surface area contributed by atoms with E-state index in [1.165, 1.54) is 30.6 Å². The van der Waals surface area contributed by atoms with Crippen molar-refractivity contribution in [1.29, 1.82) is 0 Å². The van der Waals surface area contributed by atoms with E-state index in [9.17, 15) is 8.42 Å². The van der Waals surface area contributed by atoms with E-state index in [-0.39, 0.29) is 45.3 Å². The quantitative estimate of drug-likeness (QED) is 0.285. The summed E-state index contributed by atoms with van der Waals surface area (Å²) < 4.78 is 31.8. The van der Waals surface area contributed by atoms with Crippen LogP contribution in [0, 0.1) is 12.8 Å². The average Bonchev–Trinajstić information content (AvgIpc) is 3.70. The monoisotopic (exact) mass is 575 g/mol. The van der Waals surface area contributed by atoms with Gasteiger partial charge in [0.1, 0.15) is 10.8 Å². The summed E-state index contributed by atoms with van der Waals surface area (Å²) in [7, 11) is -2.20. The van der Waals surface area contributed by atoms with Crippen LogP contribution in [0.15, 0.2) is 34.0 Å². The van der Waals surface area contributed by atoms with Gasteiger partial charge in [0, 0.05) is 13.3 Å². The standard InChI is InChI=1S/C27H38ClN7O3S/c1-16(2)15-39(36,37)25(29)23(14-30-4)33-26-21(28)13-32-27(35-26)34-22-11-17(3)20(18-7-9-31-10-8-18)12-24(22)38-19-5-6-19/h11-14,16,18-19,31H,5-10,15,29H2,1-4H3,(H2,32,33,34,35). The van der Waals surface area contributed by atoms with Gasteiger partial charge in [-0.15, -0.1) is 0 Å². The predicted octanol–water partition coefficient (Wildman–Crippen LogP) is 4.50. The Morgan fingerprint density at radius 3 is 2.64 bits per heavy atom. The fourth-order valence-electron chi connectivity index (χ4n) is 4.58. The highest BCUT2D eigenvalue weighted by atomic mass is 35.5. The van der Waals surface area contributed by atoms with Gasteiger partial charge in [0.05, 0.1) is 29.4 Å². The van der Waals surface area contributed by atoms with E-state index >= 15 is 0 Å². The molecule has 1 aromatic heterocycles. The highest BCUT2D eigenvalue weighted by molar-refractivity contribution is 7.95. The lowest BCUT2D eigenvalue weighted by molar-refractivity contribution is 0.304. The molecule has 39 heavy (non-hydrogen) atoms. The summed E-state index contributed by atoms with van der Waals surface area (Å²) in [6.45, 7) is 7.76. The van der Waals surface area contributed by atoms with Gasteiger partial charge < -0.3 is 26.4 Å². The van der Waals surface area contributed by atoms with Crippen molar-refractivity contribution in [3.63, 3.8) is 0 Å². The first-order valence-electron chi connectivity index (χ1n) is 13.3. The minimum atomic E-state index is -3.72. The minimum absolute atomic E-state index is 0.0876. The third-order valence-corrected chi connectivity index (χ3v) is 8.89.